The summed E-state index contributed by atoms with van der Waals surface area (Å²) in [6.45, 7) is 3.92. The standard InChI is InChI=1S/C25H21NO/c1-2-11-22(24-18-21-16-9-10-17-23(21)27-24)26-25(19-12-5-3-6-13-19)20-14-7-4-8-15-20/h2-10,12-18,22H,1,11H2/t22-/m0/s1. The normalized spacial score (nSPS) is 11.9. The van der Waals surface area contributed by atoms with Crippen LogP contribution in [0.5, 0.6) is 0 Å². The van der Waals surface area contributed by atoms with Gasteiger partial charge in [-0.2, -0.15) is 0 Å². The van der Waals surface area contributed by atoms with Gasteiger partial charge in [-0.1, -0.05) is 84.9 Å². The molecule has 0 spiro atoms. The Morgan fingerprint density at radius 2 is 1.44 bits per heavy atom. The molecule has 4 rings (SSSR count). The summed E-state index contributed by atoms with van der Waals surface area (Å²) < 4.78 is 6.10. The molecule has 0 saturated heterocycles. The smallest absolute Gasteiger partial charge is 0.134 e. The van der Waals surface area contributed by atoms with Gasteiger partial charge in [0.25, 0.3) is 0 Å². The first-order valence-corrected chi connectivity index (χ1v) is 9.13. The van der Waals surface area contributed by atoms with Crippen molar-refractivity contribution in [3.05, 3.63) is 121 Å². The van der Waals surface area contributed by atoms with E-state index in [1.54, 1.807) is 0 Å². The molecule has 27 heavy (non-hydrogen) atoms. The summed E-state index contributed by atoms with van der Waals surface area (Å²) in [7, 11) is 0. The fraction of sp³-hybridized carbons (Fsp3) is 0.0800. The number of fused-ring (bicyclic) bond motifs is 1. The first kappa shape index (κ1) is 17.0. The highest BCUT2D eigenvalue weighted by Crippen LogP contribution is 2.30. The van der Waals surface area contributed by atoms with E-state index in [-0.39, 0.29) is 6.04 Å². The van der Waals surface area contributed by atoms with E-state index < -0.39 is 0 Å². The van der Waals surface area contributed by atoms with Crippen molar-refractivity contribution in [2.45, 2.75) is 12.5 Å². The molecule has 2 heteroatoms. The van der Waals surface area contributed by atoms with Gasteiger partial charge in [0.15, 0.2) is 0 Å². The molecule has 0 radical (unpaired) electrons. The zero-order chi connectivity index (χ0) is 18.5. The van der Waals surface area contributed by atoms with E-state index in [9.17, 15) is 0 Å². The van der Waals surface area contributed by atoms with E-state index >= 15 is 0 Å². The highest BCUT2D eigenvalue weighted by atomic mass is 16.3. The number of para-hydroxylation sites is 1. The van der Waals surface area contributed by atoms with Crippen LogP contribution in [-0.2, 0) is 0 Å². The maximum Gasteiger partial charge on any atom is 0.134 e. The van der Waals surface area contributed by atoms with E-state index in [0.29, 0.717) is 6.42 Å². The minimum absolute atomic E-state index is 0.120. The molecule has 0 amide bonds. The lowest BCUT2D eigenvalue weighted by atomic mass is 10.0. The van der Waals surface area contributed by atoms with Crippen LogP contribution < -0.4 is 0 Å². The Balaban J connectivity index is 1.83. The number of hydrogen-bond acceptors (Lipinski definition) is 2. The van der Waals surface area contributed by atoms with Crippen molar-refractivity contribution in [2.24, 2.45) is 4.99 Å². The minimum atomic E-state index is -0.120. The number of nitrogens with zero attached hydrogens (tertiary/aromatic N) is 1. The van der Waals surface area contributed by atoms with Gasteiger partial charge in [0.1, 0.15) is 17.4 Å². The van der Waals surface area contributed by atoms with E-state index in [0.717, 1.165) is 33.6 Å². The highest BCUT2D eigenvalue weighted by molar-refractivity contribution is 6.13. The molecule has 132 valence electrons. The second-order valence-corrected chi connectivity index (χ2v) is 6.44. The topological polar surface area (TPSA) is 25.5 Å². The van der Waals surface area contributed by atoms with Crippen molar-refractivity contribution < 1.29 is 4.42 Å². The third kappa shape index (κ3) is 3.75. The number of hydrogen-bond donors (Lipinski definition) is 0. The third-order valence-electron chi connectivity index (χ3n) is 4.54. The Hall–Kier alpha value is -3.39. The van der Waals surface area contributed by atoms with Gasteiger partial charge < -0.3 is 4.42 Å². The molecular formula is C25H21NO. The maximum atomic E-state index is 6.10. The summed E-state index contributed by atoms with van der Waals surface area (Å²) in [5.74, 6) is 0.862. The molecule has 3 aromatic carbocycles. The lowest BCUT2D eigenvalue weighted by Crippen LogP contribution is -2.06. The molecule has 0 fully saturated rings. The molecule has 2 nitrogen and oxygen atoms in total. The molecule has 1 atom stereocenters. The second-order valence-electron chi connectivity index (χ2n) is 6.44. The number of rotatable bonds is 6. The molecular weight excluding hydrogens is 330 g/mol. The first-order valence-electron chi connectivity index (χ1n) is 9.13. The second kappa shape index (κ2) is 7.88. The van der Waals surface area contributed by atoms with Crippen LogP contribution in [0.25, 0.3) is 11.0 Å². The van der Waals surface area contributed by atoms with Crippen LogP contribution in [0.4, 0.5) is 0 Å². The molecule has 0 unspecified atom stereocenters. The lowest BCUT2D eigenvalue weighted by molar-refractivity contribution is 0.499. The quantitative estimate of drug-likeness (QED) is 0.284. The summed E-state index contributed by atoms with van der Waals surface area (Å²) in [5, 5.41) is 1.10. The van der Waals surface area contributed by atoms with Gasteiger partial charge in [-0.05, 0) is 18.6 Å². The highest BCUT2D eigenvalue weighted by Gasteiger charge is 2.17. The molecule has 1 aromatic heterocycles. The largest absolute Gasteiger partial charge is 0.459 e. The average Bonchev–Trinajstić information content (AvgIpc) is 3.16. The van der Waals surface area contributed by atoms with E-state index in [2.05, 4.69) is 43.0 Å². The van der Waals surface area contributed by atoms with Crippen molar-refractivity contribution >= 4 is 16.7 Å². The summed E-state index contributed by atoms with van der Waals surface area (Å²) in [6.07, 6.45) is 2.61. The van der Waals surface area contributed by atoms with Crippen LogP contribution in [0.2, 0.25) is 0 Å². The molecule has 0 N–H and O–H groups in total. The van der Waals surface area contributed by atoms with Gasteiger partial charge in [0.2, 0.25) is 0 Å². The van der Waals surface area contributed by atoms with Crippen LogP contribution in [0.1, 0.15) is 29.3 Å². The molecule has 4 aromatic rings. The molecule has 0 bridgehead atoms. The van der Waals surface area contributed by atoms with E-state index in [1.165, 1.54) is 0 Å². The van der Waals surface area contributed by atoms with Gasteiger partial charge in [-0.15, -0.1) is 6.58 Å². The first-order chi connectivity index (χ1) is 13.3. The number of furan rings is 1. The molecule has 1 heterocycles. The number of benzene rings is 3. The Labute approximate surface area is 159 Å². The maximum absolute atomic E-state index is 6.10. The predicted molar refractivity (Wildman–Crippen MR) is 112 cm³/mol. The lowest BCUT2D eigenvalue weighted by Gasteiger charge is -2.13. The van der Waals surface area contributed by atoms with Crippen LogP contribution in [0, 0.1) is 0 Å². The third-order valence-corrected chi connectivity index (χ3v) is 4.54. The molecule has 0 aliphatic carbocycles. The average molecular weight is 351 g/mol. The SMILES string of the molecule is C=CC[C@H](N=C(c1ccccc1)c1ccccc1)c1cc2ccccc2o1. The Bertz CT molecular complexity index is 987. The van der Waals surface area contributed by atoms with Gasteiger partial charge >= 0.3 is 0 Å². The van der Waals surface area contributed by atoms with Crippen molar-refractivity contribution in [1.29, 1.82) is 0 Å². The molecule has 0 saturated carbocycles. The summed E-state index contributed by atoms with van der Waals surface area (Å²) in [5.41, 5.74) is 4.03. The Kier molecular flexibility index (Phi) is 4.97. The van der Waals surface area contributed by atoms with Crippen molar-refractivity contribution in [3.63, 3.8) is 0 Å². The van der Waals surface area contributed by atoms with Crippen molar-refractivity contribution in [1.82, 2.24) is 0 Å². The Morgan fingerprint density at radius 1 is 0.852 bits per heavy atom. The van der Waals surface area contributed by atoms with Crippen LogP contribution in [0.3, 0.4) is 0 Å². The zero-order valence-corrected chi connectivity index (χ0v) is 15.1. The van der Waals surface area contributed by atoms with Crippen molar-refractivity contribution in [2.75, 3.05) is 0 Å². The minimum Gasteiger partial charge on any atom is -0.459 e. The molecule has 0 aliphatic heterocycles. The van der Waals surface area contributed by atoms with E-state index in [1.807, 2.05) is 60.7 Å². The fourth-order valence-corrected chi connectivity index (χ4v) is 3.22. The fourth-order valence-electron chi connectivity index (χ4n) is 3.22. The van der Waals surface area contributed by atoms with Crippen LogP contribution in [0.15, 0.2) is 113 Å². The number of aliphatic imine (C=N–C) groups is 1. The van der Waals surface area contributed by atoms with Crippen LogP contribution in [-0.4, -0.2) is 5.71 Å². The zero-order valence-electron chi connectivity index (χ0n) is 15.1. The van der Waals surface area contributed by atoms with Crippen molar-refractivity contribution in [3.8, 4) is 0 Å². The summed E-state index contributed by atoms with van der Waals surface area (Å²) in [6, 6.07) is 30.6. The predicted octanol–water partition coefficient (Wildman–Crippen LogP) is 6.59. The summed E-state index contributed by atoms with van der Waals surface area (Å²) >= 11 is 0. The molecule has 0 aliphatic rings. The van der Waals surface area contributed by atoms with Gasteiger partial charge in [0, 0.05) is 16.5 Å². The van der Waals surface area contributed by atoms with Crippen LogP contribution >= 0.6 is 0 Å². The van der Waals surface area contributed by atoms with Gasteiger partial charge in [-0.25, -0.2) is 0 Å². The monoisotopic (exact) mass is 351 g/mol. The van der Waals surface area contributed by atoms with Gasteiger partial charge in [-0.3, -0.25) is 4.99 Å². The Morgan fingerprint density at radius 3 is 2.04 bits per heavy atom. The van der Waals surface area contributed by atoms with E-state index in [4.69, 9.17) is 9.41 Å². The van der Waals surface area contributed by atoms with Gasteiger partial charge in [0.05, 0.1) is 5.71 Å². The summed E-state index contributed by atoms with van der Waals surface area (Å²) in [4.78, 5) is 5.12.